The van der Waals surface area contributed by atoms with Gasteiger partial charge in [-0.25, -0.2) is 4.98 Å². The molecule has 0 saturated carbocycles. The average Bonchev–Trinajstić information content (AvgIpc) is 3.57. The lowest BCUT2D eigenvalue weighted by atomic mass is 10.2. The largest absolute Gasteiger partial charge is 0.487 e. The molecular formula is C23H19N5O3S. The van der Waals surface area contributed by atoms with Gasteiger partial charge in [0, 0.05) is 47.9 Å². The van der Waals surface area contributed by atoms with Crippen LogP contribution in [0, 0.1) is 0 Å². The van der Waals surface area contributed by atoms with E-state index < -0.39 is 0 Å². The van der Waals surface area contributed by atoms with Crippen LogP contribution in [0.1, 0.15) is 18.0 Å². The average molecular weight is 446 g/mol. The van der Waals surface area contributed by atoms with Gasteiger partial charge in [-0.2, -0.15) is 16.3 Å². The maximum Gasteiger partial charge on any atom is 0.227 e. The highest BCUT2D eigenvalue weighted by Gasteiger charge is 2.11. The summed E-state index contributed by atoms with van der Waals surface area (Å²) in [4.78, 5) is 21.2. The third-order valence-electron chi connectivity index (χ3n) is 4.73. The van der Waals surface area contributed by atoms with Gasteiger partial charge in [-0.1, -0.05) is 17.3 Å². The van der Waals surface area contributed by atoms with E-state index in [-0.39, 0.29) is 12.3 Å². The maximum atomic E-state index is 12.4. The van der Waals surface area contributed by atoms with Crippen molar-refractivity contribution in [2.75, 3.05) is 5.32 Å². The third kappa shape index (κ3) is 4.68. The molecule has 4 aromatic heterocycles. The van der Waals surface area contributed by atoms with Crippen molar-refractivity contribution >= 4 is 28.6 Å². The minimum Gasteiger partial charge on any atom is -0.487 e. The van der Waals surface area contributed by atoms with Crippen LogP contribution in [-0.2, 0) is 17.8 Å². The molecule has 1 N–H and O–H groups in total. The van der Waals surface area contributed by atoms with E-state index in [1.54, 1.807) is 17.4 Å². The predicted molar refractivity (Wildman–Crippen MR) is 121 cm³/mol. The number of imidazole rings is 1. The summed E-state index contributed by atoms with van der Waals surface area (Å²) < 4.78 is 13.0. The summed E-state index contributed by atoms with van der Waals surface area (Å²) in [5.74, 6) is 1.48. The zero-order valence-electron chi connectivity index (χ0n) is 17.0. The van der Waals surface area contributed by atoms with Gasteiger partial charge in [0.25, 0.3) is 0 Å². The normalized spacial score (nSPS) is 11.0. The Morgan fingerprint density at radius 2 is 2.12 bits per heavy atom. The zero-order chi connectivity index (χ0) is 21.8. The maximum absolute atomic E-state index is 12.4. The number of fused-ring (bicyclic) bond motifs is 1. The van der Waals surface area contributed by atoms with Crippen molar-refractivity contribution in [1.82, 2.24) is 19.5 Å². The van der Waals surface area contributed by atoms with Crippen LogP contribution in [0.15, 0.2) is 76.2 Å². The number of ether oxygens (including phenoxy) is 1. The predicted octanol–water partition coefficient (Wildman–Crippen LogP) is 4.60. The highest BCUT2D eigenvalue weighted by Crippen LogP contribution is 2.20. The number of hydrogen-bond donors (Lipinski definition) is 1. The van der Waals surface area contributed by atoms with Gasteiger partial charge < -0.3 is 19.0 Å². The minimum absolute atomic E-state index is 0.141. The molecule has 0 atom stereocenters. The van der Waals surface area contributed by atoms with Crippen molar-refractivity contribution in [3.63, 3.8) is 0 Å². The van der Waals surface area contributed by atoms with Gasteiger partial charge in [0.05, 0.1) is 5.69 Å². The van der Waals surface area contributed by atoms with Crippen molar-refractivity contribution in [2.24, 2.45) is 0 Å². The molecule has 5 aromatic rings. The molecule has 0 radical (unpaired) electrons. The van der Waals surface area contributed by atoms with Crippen LogP contribution in [0.2, 0.25) is 0 Å². The van der Waals surface area contributed by atoms with Crippen LogP contribution in [0.4, 0.5) is 5.69 Å². The fourth-order valence-electron chi connectivity index (χ4n) is 3.19. The smallest absolute Gasteiger partial charge is 0.227 e. The molecule has 1 aromatic carbocycles. The summed E-state index contributed by atoms with van der Waals surface area (Å²) >= 11 is 1.57. The molecule has 0 fully saturated rings. The monoisotopic (exact) mass is 445 g/mol. The lowest BCUT2D eigenvalue weighted by Crippen LogP contribution is -2.12. The molecule has 0 aliphatic carbocycles. The number of anilines is 1. The second kappa shape index (κ2) is 9.03. The molecule has 4 heterocycles. The number of nitrogens with one attached hydrogen (secondary N) is 1. The molecule has 1 amide bonds. The van der Waals surface area contributed by atoms with E-state index in [1.165, 1.54) is 0 Å². The van der Waals surface area contributed by atoms with Gasteiger partial charge in [0.2, 0.25) is 17.6 Å². The molecule has 5 rings (SSSR count). The Hall–Kier alpha value is -3.98. The lowest BCUT2D eigenvalue weighted by molar-refractivity contribution is -0.116. The SMILES string of the molecule is O=C(CCc1nc(-c2ccsc2)no1)Nc1cccc(OCc2cn3ccccc3n2)c1. The minimum atomic E-state index is -0.141. The molecule has 0 unspecified atom stereocenters. The van der Waals surface area contributed by atoms with Crippen molar-refractivity contribution in [1.29, 1.82) is 0 Å². The summed E-state index contributed by atoms with van der Waals surface area (Å²) in [6.45, 7) is 0.336. The molecule has 9 heteroatoms. The van der Waals surface area contributed by atoms with E-state index in [0.29, 0.717) is 36.2 Å². The van der Waals surface area contributed by atoms with Gasteiger partial charge >= 0.3 is 0 Å². The van der Waals surface area contributed by atoms with Crippen molar-refractivity contribution in [2.45, 2.75) is 19.4 Å². The number of rotatable bonds is 8. The Morgan fingerprint density at radius 3 is 3.00 bits per heavy atom. The highest BCUT2D eigenvalue weighted by atomic mass is 32.1. The van der Waals surface area contributed by atoms with E-state index in [2.05, 4.69) is 20.4 Å². The van der Waals surface area contributed by atoms with Crippen LogP contribution in [0.25, 0.3) is 17.0 Å². The van der Waals surface area contributed by atoms with E-state index in [0.717, 1.165) is 16.9 Å². The summed E-state index contributed by atoms with van der Waals surface area (Å²) in [5.41, 5.74) is 3.27. The molecule has 160 valence electrons. The van der Waals surface area contributed by atoms with Crippen LogP contribution < -0.4 is 10.1 Å². The number of benzene rings is 1. The molecule has 8 nitrogen and oxygen atoms in total. The first kappa shape index (κ1) is 20.0. The van der Waals surface area contributed by atoms with Gasteiger partial charge in [0.15, 0.2) is 0 Å². The molecule has 0 aliphatic rings. The fraction of sp³-hybridized carbons (Fsp3) is 0.130. The Bertz CT molecular complexity index is 1310. The second-order valence-electron chi connectivity index (χ2n) is 7.09. The zero-order valence-corrected chi connectivity index (χ0v) is 17.8. The molecule has 0 spiro atoms. The number of aryl methyl sites for hydroxylation is 1. The molecule has 0 saturated heterocycles. The topological polar surface area (TPSA) is 94.5 Å². The molecule has 32 heavy (non-hydrogen) atoms. The van der Waals surface area contributed by atoms with Crippen molar-refractivity contribution < 1.29 is 14.1 Å². The standard InChI is InChI=1S/C23H19N5O3S/c29-21(7-8-22-26-23(27-31-22)16-9-11-32-15-16)25-17-4-3-5-19(12-17)30-14-18-13-28-10-2-1-6-20(28)24-18/h1-6,9-13,15H,7-8,14H2,(H,25,29). The summed E-state index contributed by atoms with van der Waals surface area (Å²) in [6.07, 6.45) is 4.48. The lowest BCUT2D eigenvalue weighted by Gasteiger charge is -2.08. The van der Waals surface area contributed by atoms with Crippen LogP contribution in [0.5, 0.6) is 5.75 Å². The second-order valence-corrected chi connectivity index (χ2v) is 7.87. The Labute approximate surface area is 187 Å². The first-order chi connectivity index (χ1) is 15.7. The van der Waals surface area contributed by atoms with E-state index in [9.17, 15) is 4.79 Å². The number of aromatic nitrogens is 4. The highest BCUT2D eigenvalue weighted by molar-refractivity contribution is 7.08. The number of pyridine rings is 1. The number of amides is 1. The quantitative estimate of drug-likeness (QED) is 0.375. The number of thiophene rings is 1. The van der Waals surface area contributed by atoms with Crippen LogP contribution in [-0.4, -0.2) is 25.4 Å². The first-order valence-corrected chi connectivity index (χ1v) is 11.0. The Kier molecular flexibility index (Phi) is 5.63. The van der Waals surface area contributed by atoms with Gasteiger partial charge in [-0.3, -0.25) is 4.79 Å². The summed E-state index contributed by atoms with van der Waals surface area (Å²) in [6, 6.07) is 15.0. The molecular weight excluding hydrogens is 426 g/mol. The first-order valence-electron chi connectivity index (χ1n) is 10.0. The van der Waals surface area contributed by atoms with E-state index in [4.69, 9.17) is 9.26 Å². The summed E-state index contributed by atoms with van der Waals surface area (Å²) in [5, 5.41) is 10.7. The van der Waals surface area contributed by atoms with Gasteiger partial charge in [-0.15, -0.1) is 0 Å². The number of carbonyl (C=O) groups excluding carboxylic acids is 1. The number of hydrogen-bond acceptors (Lipinski definition) is 7. The fourth-order valence-corrected chi connectivity index (χ4v) is 3.82. The van der Waals surface area contributed by atoms with Crippen LogP contribution >= 0.6 is 11.3 Å². The Balaban J connectivity index is 1.14. The van der Waals surface area contributed by atoms with Gasteiger partial charge in [0.1, 0.15) is 18.0 Å². The van der Waals surface area contributed by atoms with Crippen LogP contribution in [0.3, 0.4) is 0 Å². The third-order valence-corrected chi connectivity index (χ3v) is 5.42. The number of nitrogens with zero attached hydrogens (tertiary/aromatic N) is 4. The van der Waals surface area contributed by atoms with Gasteiger partial charge in [-0.05, 0) is 35.7 Å². The van der Waals surface area contributed by atoms with Crippen molar-refractivity contribution in [3.05, 3.63) is 83.3 Å². The Morgan fingerprint density at radius 1 is 1.16 bits per heavy atom. The molecule has 0 aliphatic heterocycles. The molecule has 0 bridgehead atoms. The van der Waals surface area contributed by atoms with Crippen molar-refractivity contribution in [3.8, 4) is 17.1 Å². The van der Waals surface area contributed by atoms with E-state index in [1.807, 2.05) is 70.0 Å². The van der Waals surface area contributed by atoms with E-state index >= 15 is 0 Å². The number of carbonyl (C=O) groups is 1. The summed E-state index contributed by atoms with van der Waals surface area (Å²) in [7, 11) is 0.